The van der Waals surface area contributed by atoms with Gasteiger partial charge in [-0.05, 0) is 36.8 Å². The number of azo groups is 1. The number of fused-ring (bicyclic) bond motifs is 1. The number of carbonyl (C=O) groups excluding carboxylic acids is 1. The maximum atomic E-state index is 12.1. The first-order valence-electron chi connectivity index (χ1n) is 6.69. The topological polar surface area (TPSA) is 77.8 Å². The molecule has 116 valence electrons. The molecular formula is C16H11Cl2N3O2. The van der Waals surface area contributed by atoms with Crippen molar-refractivity contribution < 1.29 is 9.90 Å². The van der Waals surface area contributed by atoms with E-state index in [1.807, 2.05) is 6.92 Å². The smallest absolute Gasteiger partial charge is 0.296 e. The molecule has 0 fully saturated rings. The van der Waals surface area contributed by atoms with E-state index < -0.39 is 5.91 Å². The number of hydrogen-bond donors (Lipinski definition) is 2. The minimum Gasteiger partial charge on any atom is -0.493 e. The fraction of sp³-hybridized carbons (Fsp3) is 0.0625. The van der Waals surface area contributed by atoms with E-state index in [1.54, 1.807) is 36.4 Å². The van der Waals surface area contributed by atoms with E-state index >= 15 is 0 Å². The second-order valence-electron chi connectivity index (χ2n) is 4.90. The summed E-state index contributed by atoms with van der Waals surface area (Å²) in [4.78, 5) is 14.9. The SMILES string of the molecule is Cc1c(Cl)ccc2c(N=NC(=O)c3ccccc3Cl)c(O)[nH]c12. The van der Waals surface area contributed by atoms with Crippen LogP contribution in [0.3, 0.4) is 0 Å². The molecule has 3 rings (SSSR count). The first kappa shape index (κ1) is 15.5. The minimum atomic E-state index is -0.588. The first-order chi connectivity index (χ1) is 11.0. The summed E-state index contributed by atoms with van der Waals surface area (Å²) in [5, 5.41) is 19.0. The monoisotopic (exact) mass is 347 g/mol. The molecule has 3 aromatic rings. The summed E-state index contributed by atoms with van der Waals surface area (Å²) in [5.41, 5.74) is 1.85. The number of carbonyl (C=O) groups is 1. The molecule has 0 saturated heterocycles. The van der Waals surface area contributed by atoms with Crippen molar-refractivity contribution in [2.45, 2.75) is 6.92 Å². The third-order valence-electron chi connectivity index (χ3n) is 3.47. The van der Waals surface area contributed by atoms with Gasteiger partial charge in [0.2, 0.25) is 5.88 Å². The number of halogens is 2. The van der Waals surface area contributed by atoms with Gasteiger partial charge in [-0.3, -0.25) is 4.79 Å². The van der Waals surface area contributed by atoms with Gasteiger partial charge in [0.05, 0.1) is 16.1 Å². The van der Waals surface area contributed by atoms with Crippen LogP contribution in [0.1, 0.15) is 15.9 Å². The summed E-state index contributed by atoms with van der Waals surface area (Å²) in [6.45, 7) is 1.82. The highest BCUT2D eigenvalue weighted by molar-refractivity contribution is 6.34. The summed E-state index contributed by atoms with van der Waals surface area (Å²) >= 11 is 12.0. The van der Waals surface area contributed by atoms with E-state index in [1.165, 1.54) is 0 Å². The van der Waals surface area contributed by atoms with Crippen LogP contribution in [0, 0.1) is 6.92 Å². The highest BCUT2D eigenvalue weighted by atomic mass is 35.5. The number of aryl methyl sites for hydroxylation is 1. The van der Waals surface area contributed by atoms with Gasteiger partial charge < -0.3 is 10.1 Å². The molecule has 0 atom stereocenters. The van der Waals surface area contributed by atoms with Crippen LogP contribution in [-0.4, -0.2) is 16.0 Å². The van der Waals surface area contributed by atoms with Crippen LogP contribution in [0.15, 0.2) is 46.6 Å². The van der Waals surface area contributed by atoms with Crippen molar-refractivity contribution in [1.29, 1.82) is 0 Å². The average molecular weight is 348 g/mol. The fourth-order valence-corrected chi connectivity index (χ4v) is 2.61. The van der Waals surface area contributed by atoms with Gasteiger partial charge in [0.1, 0.15) is 0 Å². The molecule has 5 nitrogen and oxygen atoms in total. The Kier molecular flexibility index (Phi) is 4.07. The van der Waals surface area contributed by atoms with E-state index in [0.717, 1.165) is 5.56 Å². The van der Waals surface area contributed by atoms with Gasteiger partial charge in [-0.1, -0.05) is 35.3 Å². The number of aromatic nitrogens is 1. The predicted molar refractivity (Wildman–Crippen MR) is 90.0 cm³/mol. The zero-order valence-corrected chi connectivity index (χ0v) is 13.5. The lowest BCUT2D eigenvalue weighted by Crippen LogP contribution is -1.94. The van der Waals surface area contributed by atoms with E-state index in [9.17, 15) is 9.90 Å². The van der Waals surface area contributed by atoms with Crippen molar-refractivity contribution in [1.82, 2.24) is 4.98 Å². The van der Waals surface area contributed by atoms with Gasteiger partial charge in [-0.15, -0.1) is 10.2 Å². The Morgan fingerprint density at radius 3 is 2.61 bits per heavy atom. The summed E-state index contributed by atoms with van der Waals surface area (Å²) in [6.07, 6.45) is 0. The average Bonchev–Trinajstić information content (AvgIpc) is 2.85. The summed E-state index contributed by atoms with van der Waals surface area (Å²) in [7, 11) is 0. The number of rotatable bonds is 2. The van der Waals surface area contributed by atoms with E-state index in [2.05, 4.69) is 15.2 Å². The maximum Gasteiger partial charge on any atom is 0.296 e. The molecular weight excluding hydrogens is 337 g/mol. The molecule has 0 aliphatic heterocycles. The second-order valence-corrected chi connectivity index (χ2v) is 5.72. The van der Waals surface area contributed by atoms with Crippen molar-refractivity contribution >= 4 is 45.7 Å². The molecule has 0 unspecified atom stereocenters. The molecule has 1 heterocycles. The van der Waals surface area contributed by atoms with Gasteiger partial charge in [-0.25, -0.2) is 0 Å². The lowest BCUT2D eigenvalue weighted by Gasteiger charge is -1.99. The van der Waals surface area contributed by atoms with Crippen LogP contribution in [0.4, 0.5) is 5.69 Å². The molecule has 0 aliphatic carbocycles. The number of aromatic amines is 1. The quantitative estimate of drug-likeness (QED) is 0.607. The molecule has 2 aromatic carbocycles. The van der Waals surface area contributed by atoms with Crippen molar-refractivity contribution in [3.8, 4) is 5.88 Å². The van der Waals surface area contributed by atoms with Crippen LogP contribution in [0.2, 0.25) is 10.0 Å². The summed E-state index contributed by atoms with van der Waals surface area (Å²) in [5.74, 6) is -0.767. The first-order valence-corrected chi connectivity index (χ1v) is 7.45. The third kappa shape index (κ3) is 2.81. The second kappa shape index (κ2) is 6.02. The Labute approximate surface area is 141 Å². The predicted octanol–water partition coefficient (Wildman–Crippen LogP) is 5.41. The normalized spacial score (nSPS) is 11.4. The Morgan fingerprint density at radius 2 is 1.87 bits per heavy atom. The maximum absolute atomic E-state index is 12.1. The van der Waals surface area contributed by atoms with Crippen LogP contribution in [0.25, 0.3) is 10.9 Å². The van der Waals surface area contributed by atoms with Gasteiger partial charge in [0.25, 0.3) is 5.91 Å². The van der Waals surface area contributed by atoms with Crippen LogP contribution in [0.5, 0.6) is 5.88 Å². The molecule has 0 aliphatic rings. The van der Waals surface area contributed by atoms with Crippen molar-refractivity contribution in [2.75, 3.05) is 0 Å². The number of H-pyrrole nitrogens is 1. The molecule has 0 spiro atoms. The van der Waals surface area contributed by atoms with Crippen molar-refractivity contribution in [2.24, 2.45) is 10.2 Å². The molecule has 0 radical (unpaired) electrons. The molecule has 1 amide bonds. The number of benzene rings is 2. The van der Waals surface area contributed by atoms with E-state index in [4.69, 9.17) is 23.2 Å². The lowest BCUT2D eigenvalue weighted by atomic mass is 10.1. The molecule has 1 aromatic heterocycles. The number of hydrogen-bond acceptors (Lipinski definition) is 3. The van der Waals surface area contributed by atoms with E-state index in [0.29, 0.717) is 20.9 Å². The van der Waals surface area contributed by atoms with Crippen LogP contribution < -0.4 is 0 Å². The number of nitrogens with one attached hydrogen (secondary N) is 1. The van der Waals surface area contributed by atoms with Crippen molar-refractivity contribution in [3.63, 3.8) is 0 Å². The van der Waals surface area contributed by atoms with Crippen LogP contribution >= 0.6 is 23.2 Å². The summed E-state index contributed by atoms with van der Waals surface area (Å²) in [6, 6.07) is 9.95. The zero-order chi connectivity index (χ0) is 16.6. The lowest BCUT2D eigenvalue weighted by molar-refractivity contribution is 0.0995. The van der Waals surface area contributed by atoms with Crippen molar-refractivity contribution in [3.05, 3.63) is 57.6 Å². The third-order valence-corrected chi connectivity index (χ3v) is 4.21. The van der Waals surface area contributed by atoms with Gasteiger partial charge in [0.15, 0.2) is 5.69 Å². The van der Waals surface area contributed by atoms with Gasteiger partial charge in [-0.2, -0.15) is 0 Å². The molecule has 23 heavy (non-hydrogen) atoms. The minimum absolute atomic E-state index is 0.180. The molecule has 7 heteroatoms. The highest BCUT2D eigenvalue weighted by Crippen LogP contribution is 2.38. The zero-order valence-electron chi connectivity index (χ0n) is 12.0. The van der Waals surface area contributed by atoms with Gasteiger partial charge in [0, 0.05) is 10.4 Å². The number of amides is 1. The number of aromatic hydroxyl groups is 1. The number of nitrogens with zero attached hydrogens (tertiary/aromatic N) is 2. The fourth-order valence-electron chi connectivity index (χ4n) is 2.23. The molecule has 0 bridgehead atoms. The Bertz CT molecular complexity index is 948. The Morgan fingerprint density at radius 1 is 1.13 bits per heavy atom. The van der Waals surface area contributed by atoms with Crippen LogP contribution in [-0.2, 0) is 0 Å². The molecule has 0 saturated carbocycles. The van der Waals surface area contributed by atoms with E-state index in [-0.39, 0.29) is 17.1 Å². The summed E-state index contributed by atoms with van der Waals surface area (Å²) < 4.78 is 0. The Hall–Kier alpha value is -2.37. The Balaban J connectivity index is 2.02. The highest BCUT2D eigenvalue weighted by Gasteiger charge is 2.15. The largest absolute Gasteiger partial charge is 0.493 e. The standard InChI is InChI=1S/C16H11Cl2N3O2/c1-8-11(17)7-6-10-13(8)19-16(23)14(10)20-21-15(22)9-4-2-3-5-12(9)18/h2-7,19,23H,1H3. The van der Waals surface area contributed by atoms with Gasteiger partial charge >= 0.3 is 0 Å². The molecule has 2 N–H and O–H groups in total.